The summed E-state index contributed by atoms with van der Waals surface area (Å²) in [5.74, 6) is 0.969. The molecule has 3 saturated carbocycles. The second-order valence-electron chi connectivity index (χ2n) is 6.53. The molecule has 0 saturated heterocycles. The Morgan fingerprint density at radius 2 is 1.81 bits per heavy atom. The molecule has 0 heterocycles. The van der Waals surface area contributed by atoms with Gasteiger partial charge >= 0.3 is 12.0 Å². The number of rotatable bonds is 6. The van der Waals surface area contributed by atoms with Crippen molar-refractivity contribution in [2.24, 2.45) is 29.4 Å². The normalized spacial score (nSPS) is 36.7. The number of urea groups is 1. The van der Waals surface area contributed by atoms with Crippen LogP contribution in [0.3, 0.4) is 0 Å². The van der Waals surface area contributed by atoms with Crippen molar-refractivity contribution in [3.05, 3.63) is 0 Å². The van der Waals surface area contributed by atoms with Gasteiger partial charge in [0.2, 0.25) is 5.91 Å². The number of hydrogen-bond donors (Lipinski definition) is 4. The second kappa shape index (κ2) is 5.20. The second-order valence-corrected chi connectivity index (χ2v) is 6.53. The van der Waals surface area contributed by atoms with Gasteiger partial charge in [-0.2, -0.15) is 0 Å². The van der Waals surface area contributed by atoms with Crippen molar-refractivity contribution in [1.82, 2.24) is 10.6 Å². The molecule has 0 aromatic heterocycles. The maximum atomic E-state index is 11.9. The molecule has 5 atom stereocenters. The third-order valence-corrected chi connectivity index (χ3v) is 5.32. The van der Waals surface area contributed by atoms with E-state index in [-0.39, 0.29) is 18.9 Å². The predicted octanol–water partition coefficient (Wildman–Crippen LogP) is 0.0488. The van der Waals surface area contributed by atoms with E-state index in [2.05, 4.69) is 10.6 Å². The number of fused-ring (bicyclic) bond motifs is 5. The first-order valence-electron chi connectivity index (χ1n) is 7.55. The maximum absolute atomic E-state index is 11.9. The van der Waals surface area contributed by atoms with Gasteiger partial charge < -0.3 is 21.5 Å². The van der Waals surface area contributed by atoms with Crippen LogP contribution in [0.1, 0.15) is 32.1 Å². The van der Waals surface area contributed by atoms with Crippen molar-refractivity contribution in [1.29, 1.82) is 0 Å². The average Bonchev–Trinajstić information content (AvgIpc) is 2.82. The summed E-state index contributed by atoms with van der Waals surface area (Å²) in [4.78, 5) is 33.7. The van der Waals surface area contributed by atoms with Gasteiger partial charge in [0.1, 0.15) is 6.04 Å². The SMILES string of the molecule is NC(=O)CCC(NC(=O)NC1C2C3CCC(C3)C12)C(=O)O. The van der Waals surface area contributed by atoms with Gasteiger partial charge in [-0.05, 0) is 49.4 Å². The van der Waals surface area contributed by atoms with Crippen molar-refractivity contribution in [2.75, 3.05) is 0 Å². The minimum Gasteiger partial charge on any atom is -0.480 e. The molecular formula is C14H21N3O4. The molecule has 7 nitrogen and oxygen atoms in total. The van der Waals surface area contributed by atoms with Crippen molar-refractivity contribution < 1.29 is 19.5 Å². The van der Waals surface area contributed by atoms with E-state index in [0.717, 1.165) is 11.8 Å². The topological polar surface area (TPSA) is 122 Å². The van der Waals surface area contributed by atoms with Gasteiger partial charge in [-0.1, -0.05) is 0 Å². The minimum atomic E-state index is -1.15. The molecule has 0 aliphatic heterocycles. The molecule has 3 aliphatic carbocycles. The minimum absolute atomic E-state index is 0.0147. The third kappa shape index (κ3) is 2.69. The van der Waals surface area contributed by atoms with Crippen LogP contribution in [0.5, 0.6) is 0 Å². The first kappa shape index (κ1) is 14.2. The van der Waals surface area contributed by atoms with E-state index >= 15 is 0 Å². The Morgan fingerprint density at radius 1 is 1.19 bits per heavy atom. The van der Waals surface area contributed by atoms with Gasteiger partial charge in [-0.15, -0.1) is 0 Å². The Bertz CT molecular complexity index is 465. The highest BCUT2D eigenvalue weighted by Crippen LogP contribution is 2.65. The lowest BCUT2D eigenvalue weighted by Gasteiger charge is -2.16. The van der Waals surface area contributed by atoms with Gasteiger partial charge in [-0.25, -0.2) is 9.59 Å². The highest BCUT2D eigenvalue weighted by molar-refractivity contribution is 5.83. The van der Waals surface area contributed by atoms with Crippen LogP contribution in [0, 0.1) is 23.7 Å². The Morgan fingerprint density at radius 3 is 2.33 bits per heavy atom. The number of nitrogens with two attached hydrogens (primary N) is 1. The van der Waals surface area contributed by atoms with E-state index in [1.54, 1.807) is 0 Å². The molecule has 2 bridgehead atoms. The van der Waals surface area contributed by atoms with Gasteiger partial charge in [0.25, 0.3) is 0 Å². The molecule has 3 fully saturated rings. The van der Waals surface area contributed by atoms with E-state index < -0.39 is 23.9 Å². The number of aliphatic carboxylic acids is 1. The van der Waals surface area contributed by atoms with Crippen molar-refractivity contribution in [3.8, 4) is 0 Å². The number of amides is 3. The summed E-state index contributed by atoms with van der Waals surface area (Å²) in [5.41, 5.74) is 5.00. The third-order valence-electron chi connectivity index (χ3n) is 5.32. The maximum Gasteiger partial charge on any atom is 0.326 e. The molecule has 116 valence electrons. The molecule has 0 radical (unpaired) electrons. The van der Waals surface area contributed by atoms with Crippen molar-refractivity contribution >= 4 is 17.9 Å². The number of carboxylic acids is 1. The van der Waals surface area contributed by atoms with Gasteiger partial charge in [-0.3, -0.25) is 4.79 Å². The largest absolute Gasteiger partial charge is 0.480 e. The molecule has 0 spiro atoms. The highest BCUT2D eigenvalue weighted by Gasteiger charge is 2.65. The Hall–Kier alpha value is -1.79. The van der Waals surface area contributed by atoms with E-state index in [9.17, 15) is 14.4 Å². The number of primary amides is 1. The first-order chi connectivity index (χ1) is 9.97. The number of carbonyl (C=O) groups is 3. The predicted molar refractivity (Wildman–Crippen MR) is 73.1 cm³/mol. The Balaban J connectivity index is 1.47. The molecular weight excluding hydrogens is 274 g/mol. The fourth-order valence-corrected chi connectivity index (χ4v) is 4.41. The first-order valence-corrected chi connectivity index (χ1v) is 7.55. The lowest BCUT2D eigenvalue weighted by molar-refractivity contribution is -0.139. The summed E-state index contributed by atoms with van der Waals surface area (Å²) in [6.07, 6.45) is 3.78. The van der Waals surface area contributed by atoms with Crippen LogP contribution in [0.25, 0.3) is 0 Å². The lowest BCUT2D eigenvalue weighted by Crippen LogP contribution is -2.47. The molecule has 7 heteroatoms. The van der Waals surface area contributed by atoms with Gasteiger partial charge in [0, 0.05) is 12.5 Å². The van der Waals surface area contributed by atoms with Crippen LogP contribution in [0.4, 0.5) is 4.79 Å². The molecule has 5 N–H and O–H groups in total. The van der Waals surface area contributed by atoms with E-state index in [4.69, 9.17) is 10.8 Å². The van der Waals surface area contributed by atoms with Gasteiger partial charge in [0.05, 0.1) is 0 Å². The summed E-state index contributed by atoms with van der Waals surface area (Å²) < 4.78 is 0. The molecule has 0 aromatic carbocycles. The lowest BCUT2D eigenvalue weighted by atomic mass is 10.0. The summed E-state index contributed by atoms with van der Waals surface area (Å²) in [6, 6.07) is -1.32. The van der Waals surface area contributed by atoms with E-state index in [1.165, 1.54) is 19.3 Å². The van der Waals surface area contributed by atoms with Crippen LogP contribution in [-0.2, 0) is 9.59 Å². The fourth-order valence-electron chi connectivity index (χ4n) is 4.41. The number of hydrogen-bond acceptors (Lipinski definition) is 3. The average molecular weight is 295 g/mol. The Labute approximate surface area is 122 Å². The monoisotopic (exact) mass is 295 g/mol. The smallest absolute Gasteiger partial charge is 0.326 e. The van der Waals surface area contributed by atoms with Crippen LogP contribution in [-0.4, -0.2) is 35.1 Å². The summed E-state index contributed by atoms with van der Waals surface area (Å²) in [5, 5.41) is 14.4. The molecule has 3 aliphatic rings. The Kier molecular flexibility index (Phi) is 3.51. The number of carbonyl (C=O) groups excluding carboxylic acids is 2. The van der Waals surface area contributed by atoms with Crippen LogP contribution in [0.2, 0.25) is 0 Å². The van der Waals surface area contributed by atoms with Crippen LogP contribution in [0.15, 0.2) is 0 Å². The summed E-state index contributed by atoms with van der Waals surface area (Å²) >= 11 is 0. The standard InChI is InChI=1S/C14H21N3O4/c15-9(18)4-3-8(13(19)20)16-14(21)17-12-10-6-1-2-7(5-6)11(10)12/h6-8,10-12H,1-5H2,(H2,15,18)(H,19,20)(H2,16,17,21). The van der Waals surface area contributed by atoms with Crippen molar-refractivity contribution in [2.45, 2.75) is 44.2 Å². The highest BCUT2D eigenvalue weighted by atomic mass is 16.4. The summed E-state index contributed by atoms with van der Waals surface area (Å²) in [7, 11) is 0. The molecule has 0 aromatic rings. The number of nitrogens with one attached hydrogen (secondary N) is 2. The van der Waals surface area contributed by atoms with E-state index in [0.29, 0.717) is 11.8 Å². The van der Waals surface area contributed by atoms with Crippen LogP contribution < -0.4 is 16.4 Å². The number of carboxylic acid groups (broad SMARTS) is 1. The van der Waals surface area contributed by atoms with Crippen molar-refractivity contribution in [3.63, 3.8) is 0 Å². The fraction of sp³-hybridized carbons (Fsp3) is 0.786. The zero-order valence-electron chi connectivity index (χ0n) is 11.7. The summed E-state index contributed by atoms with van der Waals surface area (Å²) in [6.45, 7) is 0. The van der Waals surface area contributed by atoms with Gasteiger partial charge in [0.15, 0.2) is 0 Å². The zero-order valence-corrected chi connectivity index (χ0v) is 11.7. The molecule has 3 amide bonds. The quantitative estimate of drug-likeness (QED) is 0.553. The molecule has 21 heavy (non-hydrogen) atoms. The molecule has 5 unspecified atom stereocenters. The van der Waals surface area contributed by atoms with E-state index in [1.807, 2.05) is 0 Å². The molecule has 3 rings (SSSR count). The van der Waals surface area contributed by atoms with Crippen LogP contribution >= 0.6 is 0 Å². The zero-order chi connectivity index (χ0) is 15.1.